The van der Waals surface area contributed by atoms with Crippen LogP contribution in [0.25, 0.3) is 23.1 Å². The predicted molar refractivity (Wildman–Crippen MR) is 153 cm³/mol. The fourth-order valence-electron chi connectivity index (χ4n) is 6.22. The molecule has 3 aromatic carbocycles. The molecule has 7 heteroatoms. The second kappa shape index (κ2) is 9.67. The van der Waals surface area contributed by atoms with Crippen molar-refractivity contribution in [1.82, 2.24) is 15.1 Å². The number of methoxy groups -OCH3 is 1. The van der Waals surface area contributed by atoms with Crippen molar-refractivity contribution >= 4 is 34.6 Å². The SMILES string of the molecule is COc1ccc2c(c1)C1(CC1c1ccc3c(/C=C/c4ccc(CN5CCCOCC5)cc4)n[nH]c3c1)C(=O)N2. The third-order valence-electron chi connectivity index (χ3n) is 8.47. The van der Waals surface area contributed by atoms with Gasteiger partial charge in [0.15, 0.2) is 0 Å². The quantitative estimate of drug-likeness (QED) is 0.359. The Balaban J connectivity index is 1.07. The van der Waals surface area contributed by atoms with E-state index in [-0.39, 0.29) is 11.8 Å². The number of hydrogen-bond donors (Lipinski definition) is 2. The maximum atomic E-state index is 13.0. The van der Waals surface area contributed by atoms with Gasteiger partial charge in [0.1, 0.15) is 5.75 Å². The van der Waals surface area contributed by atoms with E-state index in [1.54, 1.807) is 7.11 Å². The Hall–Kier alpha value is -3.94. The first-order valence-electron chi connectivity index (χ1n) is 13.7. The van der Waals surface area contributed by atoms with Gasteiger partial charge in [-0.05, 0) is 65.4 Å². The van der Waals surface area contributed by atoms with E-state index in [1.807, 2.05) is 18.2 Å². The number of H-pyrrole nitrogens is 1. The van der Waals surface area contributed by atoms with Crippen LogP contribution in [-0.2, 0) is 21.5 Å². The second-order valence-electron chi connectivity index (χ2n) is 10.8. The summed E-state index contributed by atoms with van der Waals surface area (Å²) in [6.07, 6.45) is 6.06. The lowest BCUT2D eigenvalue weighted by molar-refractivity contribution is -0.118. The van der Waals surface area contributed by atoms with Crippen LogP contribution in [0.1, 0.15) is 46.7 Å². The van der Waals surface area contributed by atoms with Crippen molar-refractivity contribution in [2.24, 2.45) is 0 Å². The third kappa shape index (κ3) is 4.32. The number of anilines is 1. The first-order valence-corrected chi connectivity index (χ1v) is 13.7. The van der Waals surface area contributed by atoms with Gasteiger partial charge in [-0.15, -0.1) is 0 Å². The van der Waals surface area contributed by atoms with Crippen LogP contribution in [0.15, 0.2) is 60.7 Å². The maximum absolute atomic E-state index is 13.0. The van der Waals surface area contributed by atoms with E-state index in [0.717, 1.165) is 90.4 Å². The third-order valence-corrected chi connectivity index (χ3v) is 8.47. The van der Waals surface area contributed by atoms with Crippen LogP contribution in [-0.4, -0.2) is 54.4 Å². The van der Waals surface area contributed by atoms with Gasteiger partial charge in [-0.25, -0.2) is 0 Å². The van der Waals surface area contributed by atoms with E-state index in [9.17, 15) is 4.79 Å². The molecule has 1 saturated carbocycles. The number of carbonyl (C=O) groups excluding carboxylic acids is 1. The predicted octanol–water partition coefficient (Wildman–Crippen LogP) is 5.34. The molecule has 0 radical (unpaired) electrons. The molecule has 1 aliphatic carbocycles. The lowest BCUT2D eigenvalue weighted by Gasteiger charge is -2.19. The number of rotatable bonds is 6. The number of benzene rings is 3. The minimum absolute atomic E-state index is 0.0792. The molecule has 2 N–H and O–H groups in total. The fourth-order valence-corrected chi connectivity index (χ4v) is 6.22. The van der Waals surface area contributed by atoms with E-state index in [1.165, 1.54) is 5.56 Å². The normalized spacial score (nSPS) is 22.8. The van der Waals surface area contributed by atoms with E-state index >= 15 is 0 Å². The number of ether oxygens (including phenoxy) is 2. The van der Waals surface area contributed by atoms with Gasteiger partial charge in [-0.1, -0.05) is 42.5 Å². The van der Waals surface area contributed by atoms with Gasteiger partial charge in [-0.3, -0.25) is 14.8 Å². The average Bonchev–Trinajstić information content (AvgIpc) is 3.60. The molecular formula is C32H32N4O3. The number of fused-ring (bicyclic) bond motifs is 3. The van der Waals surface area contributed by atoms with Crippen molar-refractivity contribution in [2.75, 3.05) is 38.7 Å². The number of carbonyl (C=O) groups is 1. The highest BCUT2D eigenvalue weighted by Gasteiger charge is 2.65. The zero-order chi connectivity index (χ0) is 26.4. The zero-order valence-electron chi connectivity index (χ0n) is 22.1. The van der Waals surface area contributed by atoms with Crippen molar-refractivity contribution in [1.29, 1.82) is 0 Å². The largest absolute Gasteiger partial charge is 0.497 e. The van der Waals surface area contributed by atoms with Crippen LogP contribution in [0.4, 0.5) is 5.69 Å². The van der Waals surface area contributed by atoms with Crippen molar-refractivity contribution in [2.45, 2.75) is 30.7 Å². The summed E-state index contributed by atoms with van der Waals surface area (Å²) < 4.78 is 11.0. The first kappa shape index (κ1) is 24.1. The van der Waals surface area contributed by atoms with E-state index in [4.69, 9.17) is 9.47 Å². The standard InChI is InChI=1S/C32H32N4O3/c1-38-24-9-12-29-26(18-24)32(31(37)33-29)19-27(32)23-8-10-25-28(34-35-30(25)17-23)11-7-21-3-5-22(6-4-21)20-36-13-2-15-39-16-14-36/h3-12,17-18,27H,2,13-16,19-20H2,1H3,(H,33,37)(H,34,35)/b11-7+. The summed E-state index contributed by atoms with van der Waals surface area (Å²) in [5, 5.41) is 11.9. The Morgan fingerprint density at radius 3 is 2.85 bits per heavy atom. The minimum Gasteiger partial charge on any atom is -0.497 e. The van der Waals surface area contributed by atoms with Gasteiger partial charge in [0, 0.05) is 43.2 Å². The molecule has 1 aromatic heterocycles. The number of nitrogens with one attached hydrogen (secondary N) is 2. The number of hydrogen-bond acceptors (Lipinski definition) is 5. The molecular weight excluding hydrogens is 488 g/mol. The van der Waals surface area contributed by atoms with Gasteiger partial charge < -0.3 is 14.8 Å². The molecule has 2 aliphatic heterocycles. The molecule has 198 valence electrons. The molecule has 7 rings (SSSR count). The second-order valence-corrected chi connectivity index (χ2v) is 10.8. The van der Waals surface area contributed by atoms with E-state index < -0.39 is 5.41 Å². The van der Waals surface area contributed by atoms with Gasteiger partial charge in [-0.2, -0.15) is 5.10 Å². The van der Waals surface area contributed by atoms with Gasteiger partial charge >= 0.3 is 0 Å². The van der Waals surface area contributed by atoms with Crippen molar-refractivity contribution < 1.29 is 14.3 Å². The number of amides is 1. The molecule has 4 aromatic rings. The number of nitrogens with zero attached hydrogens (tertiary/aromatic N) is 2. The van der Waals surface area contributed by atoms with Crippen molar-refractivity contribution in [3.63, 3.8) is 0 Å². The summed E-state index contributed by atoms with van der Waals surface area (Å²) in [5.74, 6) is 0.992. The number of aromatic amines is 1. The fraction of sp³-hybridized carbons (Fsp3) is 0.312. The van der Waals surface area contributed by atoms with Crippen LogP contribution in [0, 0.1) is 0 Å². The molecule has 3 aliphatic rings. The van der Waals surface area contributed by atoms with E-state index in [0.29, 0.717) is 0 Å². The summed E-state index contributed by atoms with van der Waals surface area (Å²) in [4.78, 5) is 15.5. The molecule has 39 heavy (non-hydrogen) atoms. The van der Waals surface area contributed by atoms with Crippen LogP contribution in [0.5, 0.6) is 5.75 Å². The Morgan fingerprint density at radius 1 is 1.08 bits per heavy atom. The van der Waals surface area contributed by atoms with Gasteiger partial charge in [0.2, 0.25) is 5.91 Å². The molecule has 0 bridgehead atoms. The topological polar surface area (TPSA) is 79.5 Å². The maximum Gasteiger partial charge on any atom is 0.235 e. The minimum atomic E-state index is -0.506. The molecule has 2 atom stereocenters. The summed E-state index contributed by atoms with van der Waals surface area (Å²) >= 11 is 0. The molecule has 1 spiro atoms. The molecule has 1 amide bonds. The molecule has 3 heterocycles. The summed E-state index contributed by atoms with van der Waals surface area (Å²) in [7, 11) is 1.66. The van der Waals surface area contributed by atoms with Gasteiger partial charge in [0.05, 0.1) is 30.3 Å². The van der Waals surface area contributed by atoms with Gasteiger partial charge in [0.25, 0.3) is 0 Å². The molecule has 2 unspecified atom stereocenters. The van der Waals surface area contributed by atoms with Crippen molar-refractivity contribution in [3.8, 4) is 5.75 Å². The smallest absolute Gasteiger partial charge is 0.235 e. The Kier molecular flexibility index (Phi) is 5.98. The lowest BCUT2D eigenvalue weighted by atomic mass is 9.91. The Labute approximate surface area is 227 Å². The summed E-state index contributed by atoms with van der Waals surface area (Å²) in [6, 6.07) is 21.0. The van der Waals surface area contributed by atoms with E-state index in [2.05, 4.69) is 75.0 Å². The Morgan fingerprint density at radius 2 is 1.97 bits per heavy atom. The zero-order valence-corrected chi connectivity index (χ0v) is 22.1. The molecule has 7 nitrogen and oxygen atoms in total. The monoisotopic (exact) mass is 520 g/mol. The highest BCUT2D eigenvalue weighted by molar-refractivity contribution is 6.10. The van der Waals surface area contributed by atoms with Crippen LogP contribution in [0.3, 0.4) is 0 Å². The average molecular weight is 521 g/mol. The lowest BCUT2D eigenvalue weighted by Crippen LogP contribution is -2.25. The number of aromatic nitrogens is 2. The van der Waals surface area contributed by atoms with Crippen LogP contribution in [0.2, 0.25) is 0 Å². The molecule has 1 saturated heterocycles. The van der Waals surface area contributed by atoms with Crippen molar-refractivity contribution in [3.05, 3.63) is 88.6 Å². The molecule has 2 fully saturated rings. The van der Waals surface area contributed by atoms with Crippen LogP contribution < -0.4 is 10.1 Å². The summed E-state index contributed by atoms with van der Waals surface area (Å²) in [5.41, 5.74) is 6.93. The van der Waals surface area contributed by atoms with Crippen LogP contribution >= 0.6 is 0 Å². The first-order chi connectivity index (χ1) is 19.1. The Bertz CT molecular complexity index is 1570. The highest BCUT2D eigenvalue weighted by Crippen LogP contribution is 2.65. The summed E-state index contributed by atoms with van der Waals surface area (Å²) in [6.45, 7) is 4.73. The highest BCUT2D eigenvalue weighted by atomic mass is 16.5.